The minimum Gasteiger partial charge on any atom is -0.310 e. The molecular weight excluding hydrogens is 220 g/mol. The third-order valence-electron chi connectivity index (χ3n) is 4.29. The van der Waals surface area contributed by atoms with Gasteiger partial charge in [0, 0.05) is 19.1 Å². The van der Waals surface area contributed by atoms with Gasteiger partial charge < -0.3 is 10.2 Å². The van der Waals surface area contributed by atoms with Crippen LogP contribution in [0, 0.1) is 19.8 Å². The zero-order chi connectivity index (χ0) is 13.1. The summed E-state index contributed by atoms with van der Waals surface area (Å²) in [6, 6.07) is 7.23. The smallest absolute Gasteiger partial charge is 0.0213 e. The first-order valence-electron chi connectivity index (χ1n) is 7.05. The van der Waals surface area contributed by atoms with Crippen molar-refractivity contribution in [2.75, 3.05) is 20.1 Å². The first kappa shape index (κ1) is 13.6. The largest absolute Gasteiger partial charge is 0.310 e. The van der Waals surface area contributed by atoms with Gasteiger partial charge in [0.15, 0.2) is 0 Å². The summed E-state index contributed by atoms with van der Waals surface area (Å²) in [5.41, 5.74) is 4.29. The second kappa shape index (κ2) is 5.85. The highest BCUT2D eigenvalue weighted by molar-refractivity contribution is 5.33. The number of aryl methyl sites for hydroxylation is 2. The Balaban J connectivity index is 1.95. The topological polar surface area (TPSA) is 15.3 Å². The molecule has 2 unspecified atom stereocenters. The van der Waals surface area contributed by atoms with E-state index in [9.17, 15) is 0 Å². The Morgan fingerprint density at radius 2 is 1.94 bits per heavy atom. The lowest BCUT2D eigenvalue weighted by Gasteiger charge is -2.35. The molecule has 1 aromatic rings. The molecule has 0 saturated carbocycles. The monoisotopic (exact) mass is 246 g/mol. The van der Waals surface area contributed by atoms with Gasteiger partial charge in [0.25, 0.3) is 0 Å². The molecule has 0 amide bonds. The van der Waals surface area contributed by atoms with Crippen LogP contribution in [0.25, 0.3) is 0 Å². The van der Waals surface area contributed by atoms with E-state index in [2.05, 4.69) is 56.2 Å². The zero-order valence-electron chi connectivity index (χ0n) is 12.2. The van der Waals surface area contributed by atoms with Crippen LogP contribution in [0.4, 0.5) is 0 Å². The van der Waals surface area contributed by atoms with Gasteiger partial charge in [-0.1, -0.05) is 25.1 Å². The second-order valence-electron chi connectivity index (χ2n) is 5.89. The van der Waals surface area contributed by atoms with E-state index in [1.165, 1.54) is 36.2 Å². The standard InChI is InChI=1S/C16H26N2/c1-12-6-5-7-13(2)15(12)10-17-16-8-9-18(4)11-14(16)3/h5-7,14,16-17H,8-11H2,1-4H3. The SMILES string of the molecule is Cc1cccc(C)c1CNC1CCN(C)CC1C. The van der Waals surface area contributed by atoms with Crippen molar-refractivity contribution in [3.05, 3.63) is 34.9 Å². The predicted molar refractivity (Wildman–Crippen MR) is 77.8 cm³/mol. The minimum absolute atomic E-state index is 0.667. The molecule has 1 aliphatic heterocycles. The molecule has 18 heavy (non-hydrogen) atoms. The van der Waals surface area contributed by atoms with Gasteiger partial charge in [-0.2, -0.15) is 0 Å². The van der Waals surface area contributed by atoms with Crippen molar-refractivity contribution in [1.29, 1.82) is 0 Å². The zero-order valence-corrected chi connectivity index (χ0v) is 12.2. The molecule has 1 aliphatic rings. The summed E-state index contributed by atoms with van der Waals surface area (Å²) in [4.78, 5) is 2.43. The lowest BCUT2D eigenvalue weighted by molar-refractivity contribution is 0.174. The number of likely N-dealkylation sites (tertiary alicyclic amines) is 1. The molecule has 2 atom stereocenters. The summed E-state index contributed by atoms with van der Waals surface area (Å²) in [6.45, 7) is 10.2. The fraction of sp³-hybridized carbons (Fsp3) is 0.625. The lowest BCUT2D eigenvalue weighted by Crippen LogP contribution is -2.46. The summed E-state index contributed by atoms with van der Waals surface area (Å²) in [5, 5.41) is 3.76. The molecule has 1 aromatic carbocycles. The molecule has 100 valence electrons. The van der Waals surface area contributed by atoms with Gasteiger partial charge >= 0.3 is 0 Å². The van der Waals surface area contributed by atoms with Crippen molar-refractivity contribution < 1.29 is 0 Å². The Kier molecular flexibility index (Phi) is 4.41. The lowest BCUT2D eigenvalue weighted by atomic mass is 9.93. The molecule has 0 aliphatic carbocycles. The van der Waals surface area contributed by atoms with Crippen molar-refractivity contribution in [1.82, 2.24) is 10.2 Å². The van der Waals surface area contributed by atoms with Crippen LogP contribution in [0.1, 0.15) is 30.0 Å². The summed E-state index contributed by atoms with van der Waals surface area (Å²) in [7, 11) is 2.22. The van der Waals surface area contributed by atoms with E-state index >= 15 is 0 Å². The van der Waals surface area contributed by atoms with Gasteiger partial charge in [-0.3, -0.25) is 0 Å². The Hall–Kier alpha value is -0.860. The molecule has 1 N–H and O–H groups in total. The van der Waals surface area contributed by atoms with E-state index in [1.54, 1.807) is 0 Å². The van der Waals surface area contributed by atoms with E-state index in [0.717, 1.165) is 12.5 Å². The normalized spacial score (nSPS) is 25.3. The Bertz CT molecular complexity index is 380. The quantitative estimate of drug-likeness (QED) is 0.882. The molecule has 0 radical (unpaired) electrons. The molecule has 1 fully saturated rings. The summed E-state index contributed by atoms with van der Waals surface area (Å²) >= 11 is 0. The molecule has 1 saturated heterocycles. The Labute approximate surface area is 111 Å². The third kappa shape index (κ3) is 3.12. The van der Waals surface area contributed by atoms with Crippen molar-refractivity contribution in [2.24, 2.45) is 5.92 Å². The highest BCUT2D eigenvalue weighted by Gasteiger charge is 2.23. The molecule has 2 rings (SSSR count). The van der Waals surface area contributed by atoms with Gasteiger partial charge in [-0.25, -0.2) is 0 Å². The summed E-state index contributed by atoms with van der Waals surface area (Å²) in [5.74, 6) is 0.744. The molecule has 0 aromatic heterocycles. The van der Waals surface area contributed by atoms with Crippen LogP contribution in [-0.4, -0.2) is 31.1 Å². The van der Waals surface area contributed by atoms with Gasteiger partial charge in [0.1, 0.15) is 0 Å². The average Bonchev–Trinajstić information content (AvgIpc) is 2.31. The third-order valence-corrected chi connectivity index (χ3v) is 4.29. The van der Waals surface area contributed by atoms with E-state index in [1.807, 2.05) is 0 Å². The van der Waals surface area contributed by atoms with Crippen LogP contribution in [0.5, 0.6) is 0 Å². The molecule has 0 spiro atoms. The van der Waals surface area contributed by atoms with Gasteiger partial charge in [0.2, 0.25) is 0 Å². The van der Waals surface area contributed by atoms with E-state index < -0.39 is 0 Å². The number of nitrogens with zero attached hydrogens (tertiary/aromatic N) is 1. The Morgan fingerprint density at radius 1 is 1.28 bits per heavy atom. The number of nitrogens with one attached hydrogen (secondary N) is 1. The van der Waals surface area contributed by atoms with Crippen molar-refractivity contribution in [3.8, 4) is 0 Å². The highest BCUT2D eigenvalue weighted by Crippen LogP contribution is 2.18. The molecule has 0 bridgehead atoms. The van der Waals surface area contributed by atoms with Crippen LogP contribution in [0.2, 0.25) is 0 Å². The predicted octanol–water partition coefficient (Wildman–Crippen LogP) is 2.73. The molecule has 2 nitrogen and oxygen atoms in total. The maximum Gasteiger partial charge on any atom is 0.0213 e. The van der Waals surface area contributed by atoms with E-state index in [0.29, 0.717) is 6.04 Å². The minimum atomic E-state index is 0.667. The van der Waals surface area contributed by atoms with Crippen LogP contribution < -0.4 is 5.32 Å². The fourth-order valence-electron chi connectivity index (χ4n) is 3.02. The average molecular weight is 246 g/mol. The van der Waals surface area contributed by atoms with E-state index in [-0.39, 0.29) is 0 Å². The van der Waals surface area contributed by atoms with Crippen LogP contribution >= 0.6 is 0 Å². The number of piperidine rings is 1. The van der Waals surface area contributed by atoms with Crippen molar-refractivity contribution in [2.45, 2.75) is 39.8 Å². The second-order valence-corrected chi connectivity index (χ2v) is 5.89. The summed E-state index contributed by atoms with van der Waals surface area (Å²) in [6.07, 6.45) is 1.27. The van der Waals surface area contributed by atoms with Crippen LogP contribution in [0.15, 0.2) is 18.2 Å². The van der Waals surface area contributed by atoms with Gasteiger partial charge in [-0.15, -0.1) is 0 Å². The van der Waals surface area contributed by atoms with Crippen LogP contribution in [0.3, 0.4) is 0 Å². The van der Waals surface area contributed by atoms with E-state index in [4.69, 9.17) is 0 Å². The Morgan fingerprint density at radius 3 is 2.56 bits per heavy atom. The van der Waals surface area contributed by atoms with Crippen molar-refractivity contribution >= 4 is 0 Å². The number of rotatable bonds is 3. The first-order chi connectivity index (χ1) is 8.58. The molecule has 1 heterocycles. The van der Waals surface area contributed by atoms with Gasteiger partial charge in [-0.05, 0) is 56.5 Å². The maximum absolute atomic E-state index is 3.76. The fourth-order valence-corrected chi connectivity index (χ4v) is 3.02. The maximum atomic E-state index is 3.76. The molecular formula is C16H26N2. The first-order valence-corrected chi connectivity index (χ1v) is 7.05. The van der Waals surface area contributed by atoms with Crippen molar-refractivity contribution in [3.63, 3.8) is 0 Å². The number of hydrogen-bond acceptors (Lipinski definition) is 2. The van der Waals surface area contributed by atoms with Gasteiger partial charge in [0.05, 0.1) is 0 Å². The summed E-state index contributed by atoms with van der Waals surface area (Å²) < 4.78 is 0. The highest BCUT2D eigenvalue weighted by atomic mass is 15.1. The number of benzene rings is 1. The van der Waals surface area contributed by atoms with Crippen LogP contribution in [-0.2, 0) is 6.54 Å². The number of hydrogen-bond donors (Lipinski definition) is 1. The molecule has 2 heteroatoms.